The van der Waals surface area contributed by atoms with Crippen molar-refractivity contribution < 1.29 is 34.4 Å². The molecule has 0 bridgehead atoms. The van der Waals surface area contributed by atoms with Gasteiger partial charge in [0.15, 0.2) is 6.23 Å². The smallest absolute Gasteiger partial charge is 0.330 e. The van der Waals surface area contributed by atoms with Gasteiger partial charge >= 0.3 is 13.3 Å². The molecule has 0 radical (unpaired) electrons. The summed E-state index contributed by atoms with van der Waals surface area (Å²) in [6.45, 7) is 0. The van der Waals surface area contributed by atoms with E-state index in [-0.39, 0.29) is 5.56 Å². The first-order valence-electron chi connectivity index (χ1n) is 8.89. The lowest BCUT2D eigenvalue weighted by atomic mass is 10.1. The van der Waals surface area contributed by atoms with E-state index in [0.29, 0.717) is 0 Å². The van der Waals surface area contributed by atoms with E-state index in [2.05, 4.69) is 4.98 Å². The van der Waals surface area contributed by atoms with E-state index in [1.54, 1.807) is 30.3 Å². The Bertz CT molecular complexity index is 1080. The molecule has 0 amide bonds. The number of benzene rings is 1. The predicted molar refractivity (Wildman–Crippen MR) is 106 cm³/mol. The third-order valence-corrected chi connectivity index (χ3v) is 5.45. The van der Waals surface area contributed by atoms with Crippen molar-refractivity contribution in [1.82, 2.24) is 9.55 Å². The van der Waals surface area contributed by atoms with Crippen LogP contribution in [0, 0.1) is 0 Å². The normalized spacial score (nSPS) is 25.6. The maximum atomic E-state index is 12.2. The van der Waals surface area contributed by atoms with E-state index in [9.17, 15) is 29.5 Å². The highest BCUT2D eigenvalue weighted by atomic mass is 31.2. The van der Waals surface area contributed by atoms with Crippen LogP contribution >= 0.6 is 7.60 Å². The quantitative estimate of drug-likeness (QED) is 0.303. The first kappa shape index (κ1) is 22.3. The number of rotatable bonds is 6. The van der Waals surface area contributed by atoms with E-state index in [1.165, 1.54) is 6.08 Å². The topological polar surface area (TPSA) is 182 Å². The largest absolute Gasteiger partial charge is 0.390 e. The van der Waals surface area contributed by atoms with E-state index in [0.717, 1.165) is 16.3 Å². The van der Waals surface area contributed by atoms with Gasteiger partial charge in [0.05, 0.1) is 17.8 Å². The van der Waals surface area contributed by atoms with Gasteiger partial charge in [-0.15, -0.1) is 0 Å². The van der Waals surface area contributed by atoms with E-state index < -0.39 is 55.7 Å². The fraction of sp³-hybridized carbons (Fsp3) is 0.333. The molecule has 11 nitrogen and oxygen atoms in total. The summed E-state index contributed by atoms with van der Waals surface area (Å²) in [6, 6.07) is 9.03. The molecule has 1 saturated heterocycles. The number of H-pyrrole nitrogens is 1. The van der Waals surface area contributed by atoms with Crippen LogP contribution in [0.5, 0.6) is 0 Å². The number of aromatic nitrogens is 2. The molecule has 0 unspecified atom stereocenters. The highest BCUT2D eigenvalue weighted by Crippen LogP contribution is 2.39. The molecular weight excluding hydrogens is 419 g/mol. The molecule has 0 aliphatic carbocycles. The number of hydrogen-bond donors (Lipinski definition) is 6. The third-order valence-electron chi connectivity index (χ3n) is 4.60. The van der Waals surface area contributed by atoms with Crippen LogP contribution in [0.25, 0.3) is 12.2 Å². The fourth-order valence-electron chi connectivity index (χ4n) is 3.14. The molecule has 1 aromatic heterocycles. The first-order valence-corrected chi connectivity index (χ1v) is 10.7. The predicted octanol–water partition coefficient (Wildman–Crippen LogP) is -1.14. The van der Waals surface area contributed by atoms with E-state index >= 15 is 0 Å². The van der Waals surface area contributed by atoms with Crippen molar-refractivity contribution in [2.75, 3.05) is 6.16 Å². The van der Waals surface area contributed by atoms with Crippen molar-refractivity contribution in [2.45, 2.75) is 30.6 Å². The van der Waals surface area contributed by atoms with Crippen LogP contribution in [0.2, 0.25) is 0 Å². The molecule has 3 rings (SSSR count). The Kier molecular flexibility index (Phi) is 6.53. The van der Waals surface area contributed by atoms with Crippen molar-refractivity contribution in [1.29, 1.82) is 0 Å². The molecule has 1 aliphatic heterocycles. The van der Waals surface area contributed by atoms with Crippen LogP contribution in [0.3, 0.4) is 0 Å². The second kappa shape index (κ2) is 8.78. The summed E-state index contributed by atoms with van der Waals surface area (Å²) in [7, 11) is -4.62. The minimum absolute atomic E-state index is 0.0583. The van der Waals surface area contributed by atoms with Gasteiger partial charge in [-0.1, -0.05) is 36.4 Å². The van der Waals surface area contributed by atoms with Gasteiger partial charge in [-0.3, -0.25) is 18.9 Å². The van der Waals surface area contributed by atoms with Gasteiger partial charge in [0, 0.05) is 6.20 Å². The van der Waals surface area contributed by atoms with Gasteiger partial charge in [0.2, 0.25) is 0 Å². The zero-order valence-corrected chi connectivity index (χ0v) is 16.4. The molecule has 1 aromatic carbocycles. The zero-order valence-electron chi connectivity index (χ0n) is 15.5. The van der Waals surface area contributed by atoms with Gasteiger partial charge in [-0.05, 0) is 11.6 Å². The molecule has 0 spiro atoms. The van der Waals surface area contributed by atoms with E-state index in [4.69, 9.17) is 14.5 Å². The highest BCUT2D eigenvalue weighted by Gasteiger charge is 2.48. The highest BCUT2D eigenvalue weighted by molar-refractivity contribution is 7.51. The number of aromatic amines is 1. The molecule has 1 fully saturated rings. The Hall–Kier alpha value is -2.37. The Labute approximate surface area is 169 Å². The Balaban J connectivity index is 1.90. The molecule has 2 heterocycles. The monoisotopic (exact) mass is 440 g/mol. The Morgan fingerprint density at radius 1 is 1.13 bits per heavy atom. The summed E-state index contributed by atoms with van der Waals surface area (Å²) in [5.41, 5.74) is -0.765. The molecular formula is C18H21N2O9P. The number of hydrogen-bond acceptors (Lipinski definition) is 7. The molecule has 1 aliphatic rings. The molecule has 162 valence electrons. The average Bonchev–Trinajstić information content (AvgIpc) is 2.96. The van der Waals surface area contributed by atoms with Gasteiger partial charge in [-0.2, -0.15) is 0 Å². The first-order chi connectivity index (χ1) is 14.1. The van der Waals surface area contributed by atoms with Crippen LogP contribution in [-0.2, 0) is 9.30 Å². The van der Waals surface area contributed by atoms with Crippen LogP contribution in [-0.4, -0.2) is 65.2 Å². The number of nitrogens with one attached hydrogen (secondary N) is 1. The summed E-state index contributed by atoms with van der Waals surface area (Å²) < 4.78 is 17.3. The maximum absolute atomic E-state index is 12.2. The number of aliphatic hydroxyl groups excluding tert-OH is 3. The fourth-order valence-corrected chi connectivity index (χ4v) is 3.83. The third kappa shape index (κ3) is 5.02. The summed E-state index contributed by atoms with van der Waals surface area (Å²) in [4.78, 5) is 44.4. The van der Waals surface area contributed by atoms with Gasteiger partial charge < -0.3 is 29.8 Å². The molecule has 2 aromatic rings. The summed E-state index contributed by atoms with van der Waals surface area (Å²) in [5.74, 6) is 0. The van der Waals surface area contributed by atoms with Crippen molar-refractivity contribution >= 4 is 19.7 Å². The number of nitrogens with zero attached hydrogens (tertiary/aromatic N) is 1. The Morgan fingerprint density at radius 3 is 2.43 bits per heavy atom. The lowest BCUT2D eigenvalue weighted by Crippen LogP contribution is -2.40. The lowest BCUT2D eigenvalue weighted by molar-refractivity contribution is -0.0803. The van der Waals surface area contributed by atoms with Crippen LogP contribution in [0.1, 0.15) is 17.4 Å². The standard InChI is InChI=1S/C18H21N2O9P/c21-12(9-30(26,27)28)15-13(22)14(23)17(29-15)20-8-11(16(24)19-18(20)25)7-6-10-4-2-1-3-5-10/h1-8,12-15,17,21-23H,9H2,(H,19,24,25)(H2,26,27,28)/b7-6+/t12-,13+,14-,15-,17-/m1/s1. The molecule has 0 saturated carbocycles. The second-order valence-corrected chi connectivity index (χ2v) is 8.58. The molecule has 5 atom stereocenters. The SMILES string of the molecule is O=c1[nH]c(=O)n([C@@H]2O[C@H]([C@H](O)CP(=O)(O)O)[C@@H](O)[C@H]2O)cc1/C=C/c1ccccc1. The van der Waals surface area contributed by atoms with Crippen molar-refractivity contribution in [3.8, 4) is 0 Å². The van der Waals surface area contributed by atoms with Crippen LogP contribution in [0.15, 0.2) is 46.1 Å². The zero-order chi connectivity index (χ0) is 22.1. The average molecular weight is 440 g/mol. The van der Waals surface area contributed by atoms with Gasteiger partial charge in [0.1, 0.15) is 18.3 Å². The minimum Gasteiger partial charge on any atom is -0.390 e. The van der Waals surface area contributed by atoms with Crippen molar-refractivity contribution in [3.63, 3.8) is 0 Å². The minimum atomic E-state index is -4.62. The van der Waals surface area contributed by atoms with E-state index in [1.807, 2.05) is 6.07 Å². The summed E-state index contributed by atoms with van der Waals surface area (Å²) >= 11 is 0. The van der Waals surface area contributed by atoms with Crippen molar-refractivity contribution in [3.05, 3.63) is 68.5 Å². The molecule has 12 heteroatoms. The summed E-state index contributed by atoms with van der Waals surface area (Å²) in [6.07, 6.45) is -5.07. The Morgan fingerprint density at radius 2 is 1.80 bits per heavy atom. The maximum Gasteiger partial charge on any atom is 0.330 e. The number of aliphatic hydroxyl groups is 3. The summed E-state index contributed by atoms with van der Waals surface area (Å²) in [5, 5.41) is 30.4. The van der Waals surface area contributed by atoms with Crippen LogP contribution < -0.4 is 11.2 Å². The molecule has 30 heavy (non-hydrogen) atoms. The lowest BCUT2D eigenvalue weighted by Gasteiger charge is -2.21. The molecule has 6 N–H and O–H groups in total. The van der Waals surface area contributed by atoms with Crippen molar-refractivity contribution in [2.24, 2.45) is 0 Å². The number of ether oxygens (including phenoxy) is 1. The van der Waals surface area contributed by atoms with Crippen LogP contribution in [0.4, 0.5) is 0 Å². The van der Waals surface area contributed by atoms with Gasteiger partial charge in [-0.25, -0.2) is 4.79 Å². The second-order valence-electron chi connectivity index (χ2n) is 6.88. The van der Waals surface area contributed by atoms with Gasteiger partial charge in [0.25, 0.3) is 5.56 Å².